The van der Waals surface area contributed by atoms with Crippen LogP contribution in [0.25, 0.3) is 0 Å². The van der Waals surface area contributed by atoms with Gasteiger partial charge in [0.05, 0.1) is 6.61 Å². The van der Waals surface area contributed by atoms with Gasteiger partial charge in [-0.1, -0.05) is 13.8 Å². The van der Waals surface area contributed by atoms with E-state index in [9.17, 15) is 4.79 Å². The van der Waals surface area contributed by atoms with Crippen LogP contribution in [0.15, 0.2) is 0 Å². The molecule has 0 radical (unpaired) electrons. The van der Waals surface area contributed by atoms with Gasteiger partial charge in [0.1, 0.15) is 0 Å². The van der Waals surface area contributed by atoms with Crippen molar-refractivity contribution < 1.29 is 9.53 Å². The van der Waals surface area contributed by atoms with Crippen LogP contribution in [0.4, 0.5) is 0 Å². The Balaban J connectivity index is 2.37. The van der Waals surface area contributed by atoms with Gasteiger partial charge in [0.25, 0.3) is 0 Å². The van der Waals surface area contributed by atoms with E-state index in [-0.39, 0.29) is 5.97 Å². The van der Waals surface area contributed by atoms with Crippen molar-refractivity contribution in [3.8, 4) is 0 Å². The molecule has 0 spiro atoms. The smallest absolute Gasteiger partial charge is 0.359 e. The average molecular weight is 236 g/mol. The second kappa shape index (κ2) is 4.17. The lowest BCUT2D eigenvalue weighted by molar-refractivity contribution is 0.0517. The lowest BCUT2D eigenvalue weighted by Gasteiger charge is -2.29. The predicted molar refractivity (Wildman–Crippen MR) is 65.0 cm³/mol. The van der Waals surface area contributed by atoms with E-state index in [0.717, 1.165) is 24.8 Å². The molecule has 1 heterocycles. The lowest BCUT2D eigenvalue weighted by Crippen LogP contribution is -2.24. The van der Waals surface area contributed by atoms with E-state index < -0.39 is 0 Å². The minimum atomic E-state index is -0.288. The van der Waals surface area contributed by atoms with Gasteiger partial charge in [-0.05, 0) is 31.6 Å². The molecule has 0 saturated carbocycles. The molecule has 1 aliphatic rings. The Bertz CT molecular complexity index is 447. The summed E-state index contributed by atoms with van der Waals surface area (Å²) >= 11 is 0. The minimum absolute atomic E-state index is 0.288. The monoisotopic (exact) mass is 236 g/mol. The number of nitrogens with zero attached hydrogens (tertiary/aromatic N) is 2. The molecule has 94 valence electrons. The zero-order valence-electron chi connectivity index (χ0n) is 11.0. The van der Waals surface area contributed by atoms with Crippen molar-refractivity contribution in [3.63, 3.8) is 0 Å². The van der Waals surface area contributed by atoms with Crippen LogP contribution in [0.2, 0.25) is 0 Å². The Morgan fingerprint density at radius 2 is 2.24 bits per heavy atom. The molecular formula is C13H20N2O2. The van der Waals surface area contributed by atoms with Crippen LogP contribution in [0.5, 0.6) is 0 Å². The number of carbonyl (C=O) groups excluding carboxylic acids is 1. The van der Waals surface area contributed by atoms with Crippen molar-refractivity contribution in [1.29, 1.82) is 0 Å². The van der Waals surface area contributed by atoms with E-state index in [1.54, 1.807) is 0 Å². The molecule has 4 heteroatoms. The summed E-state index contributed by atoms with van der Waals surface area (Å²) in [6, 6.07) is 0. The fraction of sp³-hybridized carbons (Fsp3) is 0.692. The second-order valence-corrected chi connectivity index (χ2v) is 5.46. The predicted octanol–water partition coefficient (Wildman–Crippen LogP) is 2.11. The number of hydrogen-bond donors (Lipinski definition) is 0. The summed E-state index contributed by atoms with van der Waals surface area (Å²) in [5.74, 6) is -0.288. The number of carbonyl (C=O) groups is 1. The zero-order chi connectivity index (χ0) is 12.6. The van der Waals surface area contributed by atoms with Crippen LogP contribution in [0.3, 0.4) is 0 Å². The molecule has 1 aliphatic carbocycles. The SMILES string of the molecule is CCOC(=O)c1nn(C)c2c1CCC(C)(C)C2. The van der Waals surface area contributed by atoms with Crippen molar-refractivity contribution in [2.45, 2.75) is 40.0 Å². The largest absolute Gasteiger partial charge is 0.461 e. The van der Waals surface area contributed by atoms with Crippen molar-refractivity contribution in [1.82, 2.24) is 9.78 Å². The summed E-state index contributed by atoms with van der Waals surface area (Å²) in [4.78, 5) is 11.8. The van der Waals surface area contributed by atoms with E-state index in [2.05, 4.69) is 18.9 Å². The first-order valence-electron chi connectivity index (χ1n) is 6.16. The molecule has 0 atom stereocenters. The first kappa shape index (κ1) is 12.1. The highest BCUT2D eigenvalue weighted by atomic mass is 16.5. The number of esters is 1. The van der Waals surface area contributed by atoms with E-state index in [1.165, 1.54) is 5.69 Å². The van der Waals surface area contributed by atoms with Gasteiger partial charge in [0, 0.05) is 18.3 Å². The summed E-state index contributed by atoms with van der Waals surface area (Å²) in [7, 11) is 1.91. The standard InChI is InChI=1S/C13H20N2O2/c1-5-17-12(16)11-9-6-7-13(2,3)8-10(9)15(4)14-11/h5-8H2,1-4H3. The molecular weight excluding hydrogens is 216 g/mol. The van der Waals surface area contributed by atoms with Gasteiger partial charge < -0.3 is 4.74 Å². The van der Waals surface area contributed by atoms with Crippen LogP contribution in [0.1, 0.15) is 48.9 Å². The summed E-state index contributed by atoms with van der Waals surface area (Å²) in [5.41, 5.74) is 3.08. The van der Waals surface area contributed by atoms with Gasteiger partial charge in [-0.15, -0.1) is 0 Å². The van der Waals surface area contributed by atoms with E-state index >= 15 is 0 Å². The first-order valence-corrected chi connectivity index (χ1v) is 6.16. The Labute approximate surface area is 102 Å². The van der Waals surface area contributed by atoms with Crippen LogP contribution < -0.4 is 0 Å². The van der Waals surface area contributed by atoms with E-state index in [0.29, 0.717) is 17.7 Å². The molecule has 1 aromatic rings. The summed E-state index contributed by atoms with van der Waals surface area (Å²) < 4.78 is 6.88. The molecule has 0 amide bonds. The molecule has 1 aromatic heterocycles. The molecule has 0 saturated heterocycles. The summed E-state index contributed by atoms with van der Waals surface area (Å²) in [5, 5.41) is 4.32. The number of hydrogen-bond acceptors (Lipinski definition) is 3. The third-order valence-electron chi connectivity index (χ3n) is 3.44. The number of aromatic nitrogens is 2. The molecule has 4 nitrogen and oxygen atoms in total. The summed E-state index contributed by atoms with van der Waals surface area (Å²) in [6.07, 6.45) is 2.99. The third-order valence-corrected chi connectivity index (χ3v) is 3.44. The molecule has 0 aliphatic heterocycles. The van der Waals surface area contributed by atoms with Gasteiger partial charge in [-0.3, -0.25) is 4.68 Å². The fourth-order valence-electron chi connectivity index (χ4n) is 2.46. The van der Waals surface area contributed by atoms with Crippen LogP contribution >= 0.6 is 0 Å². The normalized spacial score (nSPS) is 17.6. The van der Waals surface area contributed by atoms with Crippen molar-refractivity contribution in [2.75, 3.05) is 6.61 Å². The molecule has 0 bridgehead atoms. The van der Waals surface area contributed by atoms with Gasteiger partial charge >= 0.3 is 5.97 Å². The number of fused-ring (bicyclic) bond motifs is 1. The Morgan fingerprint density at radius 3 is 2.88 bits per heavy atom. The highest BCUT2D eigenvalue weighted by Crippen LogP contribution is 2.35. The Kier molecular flexibility index (Phi) is 2.98. The van der Waals surface area contributed by atoms with Crippen LogP contribution in [0, 0.1) is 5.41 Å². The Morgan fingerprint density at radius 1 is 1.53 bits per heavy atom. The maximum absolute atomic E-state index is 11.8. The zero-order valence-corrected chi connectivity index (χ0v) is 11.0. The number of ether oxygens (including phenoxy) is 1. The number of rotatable bonds is 2. The first-order chi connectivity index (χ1) is 7.94. The van der Waals surface area contributed by atoms with E-state index in [1.807, 2.05) is 18.7 Å². The highest BCUT2D eigenvalue weighted by Gasteiger charge is 2.32. The van der Waals surface area contributed by atoms with Crippen molar-refractivity contribution >= 4 is 5.97 Å². The fourth-order valence-corrected chi connectivity index (χ4v) is 2.46. The third kappa shape index (κ3) is 2.21. The van der Waals surface area contributed by atoms with Crippen molar-refractivity contribution in [3.05, 3.63) is 17.0 Å². The average Bonchev–Trinajstić information content (AvgIpc) is 2.55. The minimum Gasteiger partial charge on any atom is -0.461 e. The van der Waals surface area contributed by atoms with Gasteiger partial charge in [-0.25, -0.2) is 4.79 Å². The van der Waals surface area contributed by atoms with Gasteiger partial charge in [0.2, 0.25) is 0 Å². The maximum Gasteiger partial charge on any atom is 0.359 e. The Hall–Kier alpha value is -1.32. The van der Waals surface area contributed by atoms with Crippen molar-refractivity contribution in [2.24, 2.45) is 12.5 Å². The van der Waals surface area contributed by atoms with Crippen LogP contribution in [-0.2, 0) is 24.6 Å². The second-order valence-electron chi connectivity index (χ2n) is 5.46. The maximum atomic E-state index is 11.8. The van der Waals surface area contributed by atoms with Gasteiger partial charge in [-0.2, -0.15) is 5.10 Å². The van der Waals surface area contributed by atoms with Gasteiger partial charge in [0.15, 0.2) is 5.69 Å². The summed E-state index contributed by atoms with van der Waals surface area (Å²) in [6.45, 7) is 6.73. The molecule has 0 fully saturated rings. The quantitative estimate of drug-likeness (QED) is 0.739. The van der Waals surface area contributed by atoms with E-state index in [4.69, 9.17) is 4.74 Å². The number of aryl methyl sites for hydroxylation is 1. The molecule has 0 N–H and O–H groups in total. The molecule has 2 rings (SSSR count). The molecule has 17 heavy (non-hydrogen) atoms. The topological polar surface area (TPSA) is 44.1 Å². The lowest BCUT2D eigenvalue weighted by atomic mass is 9.76. The van der Waals surface area contributed by atoms with Crippen LogP contribution in [-0.4, -0.2) is 22.4 Å². The molecule has 0 unspecified atom stereocenters. The molecule has 0 aromatic carbocycles. The highest BCUT2D eigenvalue weighted by molar-refractivity contribution is 5.89.